The molecule has 0 aliphatic heterocycles. The predicted molar refractivity (Wildman–Crippen MR) is 117 cm³/mol. The van der Waals surface area contributed by atoms with E-state index in [0.717, 1.165) is 55.9 Å². The zero-order chi connectivity index (χ0) is 20.2. The molecule has 1 amide bonds. The van der Waals surface area contributed by atoms with Gasteiger partial charge in [-0.05, 0) is 63.5 Å². The second kappa shape index (κ2) is 8.80. The second-order valence-corrected chi connectivity index (χ2v) is 8.43. The lowest BCUT2D eigenvalue weighted by Crippen LogP contribution is -2.40. The molecule has 0 unspecified atom stereocenters. The van der Waals surface area contributed by atoms with Crippen LogP contribution in [0.15, 0.2) is 30.3 Å². The van der Waals surface area contributed by atoms with Gasteiger partial charge in [0.05, 0.1) is 5.69 Å². The van der Waals surface area contributed by atoms with Gasteiger partial charge in [-0.15, -0.1) is 0 Å². The number of carbonyl (C=O) groups excluding carboxylic acids is 1. The lowest BCUT2D eigenvalue weighted by Gasteiger charge is -2.30. The Morgan fingerprint density at radius 1 is 0.966 bits per heavy atom. The number of amides is 1. The lowest BCUT2D eigenvalue weighted by molar-refractivity contribution is 0.0926. The number of aryl methyl sites for hydroxylation is 1. The summed E-state index contributed by atoms with van der Waals surface area (Å²) in [5.74, 6) is 1.84. The summed E-state index contributed by atoms with van der Waals surface area (Å²) in [4.78, 5) is 24.1. The van der Waals surface area contributed by atoms with Gasteiger partial charge in [0.15, 0.2) is 0 Å². The smallest absolute Gasteiger partial charge is 0.251 e. The molecule has 154 valence electrons. The molecule has 1 aromatic carbocycles. The van der Waals surface area contributed by atoms with Crippen LogP contribution in [0, 0.1) is 0 Å². The fourth-order valence-electron chi connectivity index (χ4n) is 4.43. The fraction of sp³-hybridized carbons (Fsp3) is 0.522. The van der Waals surface area contributed by atoms with Crippen molar-refractivity contribution in [3.8, 4) is 0 Å². The van der Waals surface area contributed by atoms with Gasteiger partial charge in [-0.2, -0.15) is 4.98 Å². The van der Waals surface area contributed by atoms with Crippen molar-refractivity contribution in [2.45, 2.75) is 63.5 Å². The highest BCUT2D eigenvalue weighted by atomic mass is 16.1. The number of hydrogen-bond donors (Lipinski definition) is 2. The van der Waals surface area contributed by atoms with Gasteiger partial charge in [0.2, 0.25) is 5.95 Å². The summed E-state index contributed by atoms with van der Waals surface area (Å²) in [6, 6.07) is 10.0. The van der Waals surface area contributed by atoms with Crippen LogP contribution < -0.4 is 15.5 Å². The van der Waals surface area contributed by atoms with Crippen molar-refractivity contribution in [1.82, 2.24) is 15.3 Å². The molecule has 1 aromatic heterocycles. The number of benzene rings is 1. The molecule has 2 aliphatic carbocycles. The van der Waals surface area contributed by atoms with Gasteiger partial charge in [-0.3, -0.25) is 4.79 Å². The summed E-state index contributed by atoms with van der Waals surface area (Å²) in [6.45, 7) is 0. The molecular weight excluding hydrogens is 362 g/mol. The highest BCUT2D eigenvalue weighted by molar-refractivity contribution is 5.94. The molecule has 0 radical (unpaired) electrons. The first kappa shape index (κ1) is 19.7. The van der Waals surface area contributed by atoms with E-state index in [1.807, 2.05) is 30.3 Å². The van der Waals surface area contributed by atoms with Gasteiger partial charge in [0, 0.05) is 37.3 Å². The summed E-state index contributed by atoms with van der Waals surface area (Å²) in [6.07, 6.45) is 8.53. The average molecular weight is 394 g/mol. The van der Waals surface area contributed by atoms with Crippen LogP contribution >= 0.6 is 0 Å². The van der Waals surface area contributed by atoms with Crippen LogP contribution in [-0.4, -0.2) is 42.1 Å². The van der Waals surface area contributed by atoms with Gasteiger partial charge < -0.3 is 15.5 Å². The molecule has 2 aromatic rings. The molecule has 1 heterocycles. The number of fused-ring (bicyclic) bond motifs is 1. The maximum atomic E-state index is 12.4. The molecule has 2 N–H and O–H groups in total. The van der Waals surface area contributed by atoms with Crippen molar-refractivity contribution in [1.29, 1.82) is 0 Å². The number of aromatic nitrogens is 2. The van der Waals surface area contributed by atoms with Crippen LogP contribution in [0.2, 0.25) is 0 Å². The van der Waals surface area contributed by atoms with Gasteiger partial charge in [-0.1, -0.05) is 18.2 Å². The van der Waals surface area contributed by atoms with Crippen LogP contribution in [0.4, 0.5) is 11.8 Å². The Morgan fingerprint density at radius 2 is 1.66 bits per heavy atom. The van der Waals surface area contributed by atoms with Gasteiger partial charge >= 0.3 is 0 Å². The topological polar surface area (TPSA) is 70.2 Å². The van der Waals surface area contributed by atoms with E-state index in [9.17, 15) is 4.79 Å². The Hall–Kier alpha value is -2.63. The van der Waals surface area contributed by atoms with Crippen LogP contribution in [0.1, 0.15) is 60.1 Å². The van der Waals surface area contributed by atoms with Gasteiger partial charge in [0.1, 0.15) is 5.82 Å². The fourth-order valence-corrected chi connectivity index (χ4v) is 4.43. The Bertz CT molecular complexity index is 844. The van der Waals surface area contributed by atoms with Crippen molar-refractivity contribution < 1.29 is 4.79 Å². The standard InChI is InChI=1S/C23H31N5O/c1-28(2)21-19-10-6-7-11-20(19)26-23(27-21)25-18-14-12-17(13-15-18)24-22(29)16-8-4-3-5-9-16/h3-5,8-9,17-18H,6-7,10-15H2,1-2H3,(H,24,29)(H,25,26,27). The highest BCUT2D eigenvalue weighted by Crippen LogP contribution is 2.29. The van der Waals surface area contributed by atoms with E-state index in [4.69, 9.17) is 9.97 Å². The third kappa shape index (κ3) is 4.69. The molecule has 1 fully saturated rings. The largest absolute Gasteiger partial charge is 0.362 e. The highest BCUT2D eigenvalue weighted by Gasteiger charge is 2.25. The lowest BCUT2D eigenvalue weighted by atomic mass is 9.91. The van der Waals surface area contributed by atoms with Crippen LogP contribution in [0.5, 0.6) is 0 Å². The van der Waals surface area contributed by atoms with Crippen molar-refractivity contribution in [3.63, 3.8) is 0 Å². The molecule has 2 aliphatic rings. The Morgan fingerprint density at radius 3 is 2.38 bits per heavy atom. The zero-order valence-corrected chi connectivity index (χ0v) is 17.4. The number of rotatable bonds is 5. The summed E-state index contributed by atoms with van der Waals surface area (Å²) >= 11 is 0. The number of nitrogens with zero attached hydrogens (tertiary/aromatic N) is 3. The Balaban J connectivity index is 1.35. The zero-order valence-electron chi connectivity index (χ0n) is 17.4. The second-order valence-electron chi connectivity index (χ2n) is 8.43. The van der Waals surface area contributed by atoms with Gasteiger partial charge in [-0.25, -0.2) is 4.98 Å². The van der Waals surface area contributed by atoms with E-state index in [1.54, 1.807) is 0 Å². The summed E-state index contributed by atoms with van der Waals surface area (Å²) in [5.41, 5.74) is 3.26. The van der Waals surface area contributed by atoms with E-state index in [-0.39, 0.29) is 11.9 Å². The minimum absolute atomic E-state index is 0.0238. The number of carbonyl (C=O) groups is 1. The first-order valence-electron chi connectivity index (χ1n) is 10.8. The van der Waals surface area contributed by atoms with Crippen LogP contribution in [-0.2, 0) is 12.8 Å². The van der Waals surface area contributed by atoms with E-state index >= 15 is 0 Å². The molecule has 29 heavy (non-hydrogen) atoms. The summed E-state index contributed by atoms with van der Waals surface area (Å²) in [5, 5.41) is 6.75. The van der Waals surface area contributed by atoms with Crippen LogP contribution in [0.25, 0.3) is 0 Å². The molecular formula is C23H31N5O. The number of nitrogens with one attached hydrogen (secondary N) is 2. The first-order chi connectivity index (χ1) is 14.1. The SMILES string of the molecule is CN(C)c1nc(NC2CCC(NC(=O)c3ccccc3)CC2)nc2c1CCCC2. The quantitative estimate of drug-likeness (QED) is 0.813. The third-order valence-corrected chi connectivity index (χ3v) is 6.02. The molecule has 4 rings (SSSR count). The molecule has 0 saturated heterocycles. The van der Waals surface area contributed by atoms with Crippen molar-refractivity contribution in [3.05, 3.63) is 47.2 Å². The maximum Gasteiger partial charge on any atom is 0.251 e. The van der Waals surface area contributed by atoms with Crippen molar-refractivity contribution in [2.75, 3.05) is 24.3 Å². The average Bonchev–Trinajstić information content (AvgIpc) is 2.75. The normalized spacial score (nSPS) is 21.2. The molecule has 0 bridgehead atoms. The summed E-state index contributed by atoms with van der Waals surface area (Å²) < 4.78 is 0. The van der Waals surface area contributed by atoms with E-state index in [2.05, 4.69) is 29.6 Å². The Kier molecular flexibility index (Phi) is 5.97. The van der Waals surface area contributed by atoms with E-state index < -0.39 is 0 Å². The third-order valence-electron chi connectivity index (χ3n) is 6.02. The van der Waals surface area contributed by atoms with E-state index in [1.165, 1.54) is 24.1 Å². The van der Waals surface area contributed by atoms with E-state index in [0.29, 0.717) is 6.04 Å². The molecule has 0 spiro atoms. The maximum absolute atomic E-state index is 12.4. The Labute approximate surface area is 173 Å². The minimum Gasteiger partial charge on any atom is -0.362 e. The molecule has 0 atom stereocenters. The molecule has 6 nitrogen and oxygen atoms in total. The minimum atomic E-state index is 0.0238. The molecule has 6 heteroatoms. The monoisotopic (exact) mass is 393 g/mol. The first-order valence-corrected chi connectivity index (χ1v) is 10.8. The van der Waals surface area contributed by atoms with Crippen LogP contribution in [0.3, 0.4) is 0 Å². The predicted octanol–water partition coefficient (Wildman–Crippen LogP) is 3.57. The molecule has 1 saturated carbocycles. The summed E-state index contributed by atoms with van der Waals surface area (Å²) in [7, 11) is 4.11. The van der Waals surface area contributed by atoms with Crippen molar-refractivity contribution >= 4 is 17.7 Å². The number of anilines is 2. The van der Waals surface area contributed by atoms with Gasteiger partial charge in [0.25, 0.3) is 5.91 Å². The number of hydrogen-bond acceptors (Lipinski definition) is 5. The van der Waals surface area contributed by atoms with Crippen molar-refractivity contribution in [2.24, 2.45) is 0 Å².